The molecule has 0 saturated carbocycles. The zero-order chi connectivity index (χ0) is 15.8. The molecular weight excluding hydrogens is 375 g/mol. The van der Waals surface area contributed by atoms with Crippen molar-refractivity contribution in [2.45, 2.75) is 11.1 Å². The Morgan fingerprint density at radius 1 is 1.33 bits per heavy atom. The summed E-state index contributed by atoms with van der Waals surface area (Å²) in [5.41, 5.74) is -1.15. The third kappa shape index (κ3) is 3.56. The van der Waals surface area contributed by atoms with E-state index in [1.807, 2.05) is 0 Å². The van der Waals surface area contributed by atoms with Gasteiger partial charge in [-0.15, -0.1) is 0 Å². The van der Waals surface area contributed by atoms with Gasteiger partial charge in [-0.1, -0.05) is 0 Å². The van der Waals surface area contributed by atoms with E-state index in [1.165, 1.54) is 17.9 Å². The number of nitrogens with zero attached hydrogens (tertiary/aromatic N) is 2. The van der Waals surface area contributed by atoms with Gasteiger partial charge in [-0.25, -0.2) is 8.42 Å². The molecule has 21 heavy (non-hydrogen) atoms. The Bertz CT molecular complexity index is 771. The Morgan fingerprint density at radius 3 is 2.52 bits per heavy atom. The number of aromatic nitrogens is 2. The van der Waals surface area contributed by atoms with Crippen molar-refractivity contribution in [2.24, 2.45) is 7.05 Å². The minimum atomic E-state index is -4.56. The van der Waals surface area contributed by atoms with Gasteiger partial charge >= 0.3 is 6.18 Å². The van der Waals surface area contributed by atoms with Gasteiger partial charge in [0.2, 0.25) is 0 Å². The van der Waals surface area contributed by atoms with E-state index in [1.54, 1.807) is 0 Å². The second-order valence-corrected chi connectivity index (χ2v) is 6.68. The van der Waals surface area contributed by atoms with E-state index < -0.39 is 21.8 Å². The summed E-state index contributed by atoms with van der Waals surface area (Å²) in [6, 6.07) is 2.70. The van der Waals surface area contributed by atoms with Crippen LogP contribution in [0.4, 0.5) is 18.9 Å². The third-order valence-electron chi connectivity index (χ3n) is 2.53. The molecule has 0 aliphatic carbocycles. The first-order valence-electron chi connectivity index (χ1n) is 5.48. The lowest BCUT2D eigenvalue weighted by Crippen LogP contribution is -2.14. The second-order valence-electron chi connectivity index (χ2n) is 4.15. The molecule has 10 heteroatoms. The maximum Gasteiger partial charge on any atom is 0.416 e. The molecule has 5 nitrogen and oxygen atoms in total. The highest BCUT2D eigenvalue weighted by atomic mass is 79.9. The number of aryl methyl sites for hydroxylation is 1. The van der Waals surface area contributed by atoms with Crippen LogP contribution in [0.5, 0.6) is 0 Å². The van der Waals surface area contributed by atoms with Crippen LogP contribution >= 0.6 is 15.9 Å². The van der Waals surface area contributed by atoms with Crippen LogP contribution in [-0.2, 0) is 23.2 Å². The van der Waals surface area contributed by atoms with Gasteiger partial charge in [0.05, 0.1) is 17.4 Å². The van der Waals surface area contributed by atoms with Crippen molar-refractivity contribution in [3.8, 4) is 0 Å². The maximum absolute atomic E-state index is 12.7. The molecule has 0 spiro atoms. The lowest BCUT2D eigenvalue weighted by atomic mass is 10.2. The number of hydrogen-bond donors (Lipinski definition) is 1. The van der Waals surface area contributed by atoms with Crippen LogP contribution in [0.15, 0.2) is 40.0 Å². The number of anilines is 1. The van der Waals surface area contributed by atoms with Crippen LogP contribution < -0.4 is 4.72 Å². The summed E-state index contributed by atoms with van der Waals surface area (Å²) in [6.45, 7) is 0. The van der Waals surface area contributed by atoms with Crippen molar-refractivity contribution in [1.29, 1.82) is 0 Å². The van der Waals surface area contributed by atoms with Gasteiger partial charge in [0.15, 0.2) is 0 Å². The van der Waals surface area contributed by atoms with Crippen molar-refractivity contribution >= 4 is 31.6 Å². The topological polar surface area (TPSA) is 64.0 Å². The van der Waals surface area contributed by atoms with Gasteiger partial charge in [-0.3, -0.25) is 9.40 Å². The molecule has 1 aromatic carbocycles. The summed E-state index contributed by atoms with van der Waals surface area (Å²) in [4.78, 5) is -0.144. The van der Waals surface area contributed by atoms with Gasteiger partial charge in [0, 0.05) is 17.7 Å². The highest BCUT2D eigenvalue weighted by molar-refractivity contribution is 9.10. The summed E-state index contributed by atoms with van der Waals surface area (Å²) in [5.74, 6) is 0. The monoisotopic (exact) mass is 383 g/mol. The molecule has 0 fully saturated rings. The van der Waals surface area contributed by atoms with Gasteiger partial charge in [0.1, 0.15) is 4.90 Å². The number of rotatable bonds is 3. The fraction of sp³-hybridized carbons (Fsp3) is 0.182. The average Bonchev–Trinajstić information content (AvgIpc) is 2.78. The molecule has 1 N–H and O–H groups in total. The normalized spacial score (nSPS) is 12.4. The van der Waals surface area contributed by atoms with Crippen molar-refractivity contribution in [1.82, 2.24) is 9.78 Å². The van der Waals surface area contributed by atoms with Crippen LogP contribution in [0, 0.1) is 0 Å². The van der Waals surface area contributed by atoms with Crippen molar-refractivity contribution in [3.63, 3.8) is 0 Å². The molecule has 0 bridgehead atoms. The summed E-state index contributed by atoms with van der Waals surface area (Å²) in [7, 11) is -2.48. The van der Waals surface area contributed by atoms with Crippen LogP contribution in [0.3, 0.4) is 0 Å². The number of benzene rings is 1. The van der Waals surface area contributed by atoms with Crippen LogP contribution in [0.25, 0.3) is 0 Å². The molecule has 0 atom stereocenters. The second kappa shape index (κ2) is 5.34. The molecule has 0 aliphatic heterocycles. The van der Waals surface area contributed by atoms with E-state index in [0.717, 1.165) is 24.4 Å². The summed E-state index contributed by atoms with van der Waals surface area (Å²) in [6.07, 6.45) is -2.22. The lowest BCUT2D eigenvalue weighted by Gasteiger charge is -2.12. The Hall–Kier alpha value is -1.55. The molecule has 0 amide bonds. The Morgan fingerprint density at radius 2 is 2.00 bits per heavy atom. The highest BCUT2D eigenvalue weighted by Crippen LogP contribution is 2.34. The summed E-state index contributed by atoms with van der Waals surface area (Å²) >= 11 is 3.01. The molecule has 0 saturated heterocycles. The van der Waals surface area contributed by atoms with E-state index in [-0.39, 0.29) is 15.1 Å². The maximum atomic E-state index is 12.7. The largest absolute Gasteiger partial charge is 0.416 e. The number of sulfonamides is 1. The Labute approximate surface area is 127 Å². The molecule has 2 aromatic rings. The predicted molar refractivity (Wildman–Crippen MR) is 73.2 cm³/mol. The molecule has 0 unspecified atom stereocenters. The number of alkyl halides is 3. The quantitative estimate of drug-likeness (QED) is 0.885. The number of hydrogen-bond acceptors (Lipinski definition) is 3. The molecule has 114 valence electrons. The first-order chi connectivity index (χ1) is 9.59. The third-order valence-corrected chi connectivity index (χ3v) is 4.54. The first kappa shape index (κ1) is 15.8. The van der Waals surface area contributed by atoms with Crippen LogP contribution in [-0.4, -0.2) is 18.2 Å². The van der Waals surface area contributed by atoms with E-state index >= 15 is 0 Å². The van der Waals surface area contributed by atoms with Crippen LogP contribution in [0.2, 0.25) is 0 Å². The SMILES string of the molecule is Cn1cc(S(=O)(=O)Nc2cc(C(F)(F)F)ccc2Br)cn1. The van der Waals surface area contributed by atoms with E-state index in [0.29, 0.717) is 0 Å². The molecule has 2 rings (SSSR count). The van der Waals surface area contributed by atoms with Crippen molar-refractivity contribution in [3.05, 3.63) is 40.6 Å². The lowest BCUT2D eigenvalue weighted by molar-refractivity contribution is -0.137. The number of halogens is 4. The minimum Gasteiger partial charge on any atom is -0.278 e. The van der Waals surface area contributed by atoms with Gasteiger partial charge < -0.3 is 0 Å². The zero-order valence-electron chi connectivity index (χ0n) is 10.5. The molecule has 1 aromatic heterocycles. The summed E-state index contributed by atoms with van der Waals surface area (Å²) in [5, 5.41) is 3.71. The van der Waals surface area contributed by atoms with Gasteiger partial charge in [-0.2, -0.15) is 18.3 Å². The van der Waals surface area contributed by atoms with Crippen LogP contribution in [0.1, 0.15) is 5.56 Å². The minimum absolute atomic E-state index is 0.144. The molecule has 0 radical (unpaired) electrons. The average molecular weight is 384 g/mol. The molecule has 1 heterocycles. The van der Waals surface area contributed by atoms with Gasteiger partial charge in [-0.05, 0) is 34.1 Å². The molecule has 0 aliphatic rings. The Kier molecular flexibility index (Phi) is 4.02. The van der Waals surface area contributed by atoms with Crippen molar-refractivity contribution < 1.29 is 21.6 Å². The van der Waals surface area contributed by atoms with E-state index in [2.05, 4.69) is 25.8 Å². The summed E-state index contributed by atoms with van der Waals surface area (Å²) < 4.78 is 65.7. The van der Waals surface area contributed by atoms with Crippen molar-refractivity contribution in [2.75, 3.05) is 4.72 Å². The Balaban J connectivity index is 2.39. The van der Waals surface area contributed by atoms with E-state index in [4.69, 9.17) is 0 Å². The smallest absolute Gasteiger partial charge is 0.278 e. The predicted octanol–water partition coefficient (Wildman–Crippen LogP) is 3.00. The standard InChI is InChI=1S/C11H9BrF3N3O2S/c1-18-6-8(5-16-18)21(19,20)17-10-4-7(11(13,14)15)2-3-9(10)12/h2-6,17H,1H3. The first-order valence-corrected chi connectivity index (χ1v) is 7.75. The fourth-order valence-corrected chi connectivity index (χ4v) is 3.05. The molecular formula is C11H9BrF3N3O2S. The fourth-order valence-electron chi connectivity index (χ4n) is 1.52. The highest BCUT2D eigenvalue weighted by Gasteiger charge is 2.31. The number of nitrogens with one attached hydrogen (secondary N) is 1. The van der Waals surface area contributed by atoms with E-state index in [9.17, 15) is 21.6 Å². The van der Waals surface area contributed by atoms with Gasteiger partial charge in [0.25, 0.3) is 10.0 Å². The zero-order valence-corrected chi connectivity index (χ0v) is 12.9.